The van der Waals surface area contributed by atoms with E-state index in [1.54, 1.807) is 0 Å². The van der Waals surface area contributed by atoms with Crippen molar-refractivity contribution in [3.63, 3.8) is 0 Å². The number of nitrogens with zero attached hydrogens (tertiary/aromatic N) is 1. The van der Waals surface area contributed by atoms with Crippen molar-refractivity contribution < 1.29 is 4.79 Å². The van der Waals surface area contributed by atoms with Gasteiger partial charge in [0.15, 0.2) is 0 Å². The lowest BCUT2D eigenvalue weighted by Crippen LogP contribution is -2.44. The minimum atomic E-state index is 0.206. The fourth-order valence-electron chi connectivity index (χ4n) is 2.48. The van der Waals surface area contributed by atoms with Gasteiger partial charge in [-0.05, 0) is 40.2 Å². The summed E-state index contributed by atoms with van der Waals surface area (Å²) >= 11 is 0. The fraction of sp³-hybridized carbons (Fsp3) is 0.917. The van der Waals surface area contributed by atoms with Gasteiger partial charge in [0.05, 0.1) is 5.92 Å². The first kappa shape index (κ1) is 12.5. The molecule has 0 spiro atoms. The van der Waals surface area contributed by atoms with E-state index < -0.39 is 0 Å². The van der Waals surface area contributed by atoms with Crippen molar-refractivity contribution in [3.05, 3.63) is 0 Å². The monoisotopic (exact) mass is 212 g/mol. The van der Waals surface area contributed by atoms with E-state index in [1.165, 1.54) is 0 Å². The van der Waals surface area contributed by atoms with E-state index in [-0.39, 0.29) is 5.92 Å². The molecule has 0 saturated carbocycles. The number of hydrogen-bond donors (Lipinski definition) is 1. The lowest BCUT2D eigenvalue weighted by Gasteiger charge is -2.30. The van der Waals surface area contributed by atoms with Crippen LogP contribution >= 0.6 is 0 Å². The molecule has 1 N–H and O–H groups in total. The first-order valence-corrected chi connectivity index (χ1v) is 6.15. The summed E-state index contributed by atoms with van der Waals surface area (Å²) in [5, 5.41) is 3.41. The molecule has 0 radical (unpaired) electrons. The summed E-state index contributed by atoms with van der Waals surface area (Å²) in [5.41, 5.74) is 0. The van der Waals surface area contributed by atoms with Crippen molar-refractivity contribution in [3.8, 4) is 0 Å². The van der Waals surface area contributed by atoms with Crippen LogP contribution in [0.3, 0.4) is 0 Å². The van der Waals surface area contributed by atoms with Crippen molar-refractivity contribution in [2.75, 3.05) is 13.1 Å². The van der Waals surface area contributed by atoms with E-state index in [2.05, 4.69) is 33.0 Å². The van der Waals surface area contributed by atoms with E-state index in [9.17, 15) is 4.79 Å². The van der Waals surface area contributed by atoms with E-state index in [1.807, 2.05) is 4.90 Å². The molecule has 2 atom stereocenters. The minimum Gasteiger partial charge on any atom is -0.340 e. The summed E-state index contributed by atoms with van der Waals surface area (Å²) in [6, 6.07) is 0.714. The van der Waals surface area contributed by atoms with Crippen molar-refractivity contribution in [2.45, 2.75) is 52.6 Å². The van der Waals surface area contributed by atoms with Gasteiger partial charge in [-0.15, -0.1) is 0 Å². The molecule has 1 aliphatic heterocycles. The van der Waals surface area contributed by atoms with Gasteiger partial charge in [-0.2, -0.15) is 0 Å². The number of nitrogens with one attached hydrogen (secondary N) is 1. The molecule has 0 aromatic rings. The Morgan fingerprint density at radius 3 is 2.60 bits per heavy atom. The first-order chi connectivity index (χ1) is 7.11. The Bertz CT molecular complexity index is 216. The molecule has 1 rings (SSSR count). The van der Waals surface area contributed by atoms with Crippen LogP contribution in [0.15, 0.2) is 0 Å². The summed E-state index contributed by atoms with van der Waals surface area (Å²) in [5.74, 6) is 0.543. The topological polar surface area (TPSA) is 32.3 Å². The third kappa shape index (κ3) is 2.71. The lowest BCUT2D eigenvalue weighted by atomic mass is 9.96. The molecule has 0 aromatic carbocycles. The number of amides is 1. The highest BCUT2D eigenvalue weighted by Crippen LogP contribution is 2.21. The van der Waals surface area contributed by atoms with Gasteiger partial charge in [0.2, 0.25) is 5.91 Å². The summed E-state index contributed by atoms with van der Waals surface area (Å²) in [4.78, 5) is 14.3. The van der Waals surface area contributed by atoms with Gasteiger partial charge in [0, 0.05) is 18.6 Å². The molecule has 3 nitrogen and oxygen atoms in total. The smallest absolute Gasteiger partial charge is 0.227 e. The maximum atomic E-state index is 12.3. The lowest BCUT2D eigenvalue weighted by molar-refractivity contribution is -0.137. The molecule has 2 unspecified atom stereocenters. The van der Waals surface area contributed by atoms with Crippen LogP contribution in [0.4, 0.5) is 0 Å². The van der Waals surface area contributed by atoms with Gasteiger partial charge in [-0.3, -0.25) is 4.79 Å². The van der Waals surface area contributed by atoms with Crippen LogP contribution in [-0.2, 0) is 4.79 Å². The van der Waals surface area contributed by atoms with Gasteiger partial charge >= 0.3 is 0 Å². The Labute approximate surface area is 93.2 Å². The number of rotatable bonds is 4. The molecule has 1 fully saturated rings. The Balaban J connectivity index is 2.65. The standard InChI is InChI=1S/C12H24N2O/c1-5-11-10(7-8-13-11)12(15)14(6-2)9(3)4/h9-11,13H,5-8H2,1-4H3. The van der Waals surface area contributed by atoms with Crippen LogP contribution in [0.1, 0.15) is 40.5 Å². The molecule has 1 saturated heterocycles. The Morgan fingerprint density at radius 2 is 2.13 bits per heavy atom. The molecule has 1 heterocycles. The second-order valence-corrected chi connectivity index (χ2v) is 4.58. The molecule has 1 amide bonds. The van der Waals surface area contributed by atoms with Gasteiger partial charge in [-0.1, -0.05) is 6.92 Å². The fourth-order valence-corrected chi connectivity index (χ4v) is 2.48. The highest BCUT2D eigenvalue weighted by Gasteiger charge is 2.34. The molecular formula is C12H24N2O. The molecular weight excluding hydrogens is 188 g/mol. The highest BCUT2D eigenvalue weighted by molar-refractivity contribution is 5.80. The second kappa shape index (κ2) is 5.50. The predicted molar refractivity (Wildman–Crippen MR) is 62.7 cm³/mol. The van der Waals surface area contributed by atoms with Crippen LogP contribution in [0, 0.1) is 5.92 Å². The van der Waals surface area contributed by atoms with Crippen molar-refractivity contribution in [1.82, 2.24) is 10.2 Å². The average Bonchev–Trinajstić information content (AvgIpc) is 2.65. The van der Waals surface area contributed by atoms with Crippen molar-refractivity contribution in [1.29, 1.82) is 0 Å². The third-order valence-electron chi connectivity index (χ3n) is 3.35. The van der Waals surface area contributed by atoms with E-state index in [0.717, 1.165) is 25.9 Å². The number of carbonyl (C=O) groups is 1. The minimum absolute atomic E-state index is 0.206. The number of carbonyl (C=O) groups excluding carboxylic acids is 1. The van der Waals surface area contributed by atoms with E-state index >= 15 is 0 Å². The first-order valence-electron chi connectivity index (χ1n) is 6.15. The van der Waals surface area contributed by atoms with E-state index in [0.29, 0.717) is 18.0 Å². The van der Waals surface area contributed by atoms with E-state index in [4.69, 9.17) is 0 Å². The molecule has 88 valence electrons. The maximum Gasteiger partial charge on any atom is 0.227 e. The SMILES string of the molecule is CCC1NCCC1C(=O)N(CC)C(C)C. The van der Waals surface area contributed by atoms with Gasteiger partial charge < -0.3 is 10.2 Å². The molecule has 0 aliphatic carbocycles. The molecule has 3 heteroatoms. The van der Waals surface area contributed by atoms with Crippen LogP contribution in [0.25, 0.3) is 0 Å². The average molecular weight is 212 g/mol. The molecule has 15 heavy (non-hydrogen) atoms. The van der Waals surface area contributed by atoms with Gasteiger partial charge in [-0.25, -0.2) is 0 Å². The summed E-state index contributed by atoms with van der Waals surface area (Å²) in [6.07, 6.45) is 2.05. The Morgan fingerprint density at radius 1 is 1.47 bits per heavy atom. The second-order valence-electron chi connectivity index (χ2n) is 4.58. The zero-order chi connectivity index (χ0) is 11.4. The van der Waals surface area contributed by atoms with Gasteiger partial charge in [0.1, 0.15) is 0 Å². The van der Waals surface area contributed by atoms with Crippen LogP contribution in [0.2, 0.25) is 0 Å². The molecule has 0 bridgehead atoms. The van der Waals surface area contributed by atoms with Crippen LogP contribution in [-0.4, -0.2) is 36.0 Å². The zero-order valence-corrected chi connectivity index (χ0v) is 10.4. The predicted octanol–water partition coefficient (Wildman–Crippen LogP) is 1.63. The Kier molecular flexibility index (Phi) is 4.58. The third-order valence-corrected chi connectivity index (χ3v) is 3.35. The highest BCUT2D eigenvalue weighted by atomic mass is 16.2. The van der Waals surface area contributed by atoms with Crippen molar-refractivity contribution >= 4 is 5.91 Å². The maximum absolute atomic E-state index is 12.3. The van der Waals surface area contributed by atoms with Crippen LogP contribution < -0.4 is 5.32 Å². The molecule has 0 aromatic heterocycles. The quantitative estimate of drug-likeness (QED) is 0.768. The number of hydrogen-bond acceptors (Lipinski definition) is 2. The summed E-state index contributed by atoms with van der Waals surface area (Å²) < 4.78 is 0. The van der Waals surface area contributed by atoms with Crippen LogP contribution in [0.5, 0.6) is 0 Å². The molecule has 1 aliphatic rings. The normalized spacial score (nSPS) is 25.9. The Hall–Kier alpha value is -0.570. The largest absolute Gasteiger partial charge is 0.340 e. The zero-order valence-electron chi connectivity index (χ0n) is 10.4. The van der Waals surface area contributed by atoms with Gasteiger partial charge in [0.25, 0.3) is 0 Å². The summed E-state index contributed by atoms with van der Waals surface area (Å²) in [7, 11) is 0. The summed E-state index contributed by atoms with van der Waals surface area (Å²) in [6.45, 7) is 10.2. The van der Waals surface area contributed by atoms with Crippen molar-refractivity contribution in [2.24, 2.45) is 5.92 Å².